The van der Waals surface area contributed by atoms with Gasteiger partial charge in [-0.3, -0.25) is 19.1 Å². The molecule has 1 aliphatic rings. The Bertz CT molecular complexity index is 1100. The zero-order valence-electron chi connectivity index (χ0n) is 16.2. The molecule has 0 saturated carbocycles. The van der Waals surface area contributed by atoms with Gasteiger partial charge in [0.2, 0.25) is 11.8 Å². The van der Waals surface area contributed by atoms with Gasteiger partial charge in [0.05, 0.1) is 18.4 Å². The van der Waals surface area contributed by atoms with Crippen molar-refractivity contribution in [3.63, 3.8) is 0 Å². The van der Waals surface area contributed by atoms with Gasteiger partial charge in [0.25, 0.3) is 5.56 Å². The van der Waals surface area contributed by atoms with Crippen LogP contribution in [0.2, 0.25) is 0 Å². The summed E-state index contributed by atoms with van der Waals surface area (Å²) in [4.78, 5) is 38.8. The minimum atomic E-state index is -0.770. The highest BCUT2D eigenvalue weighted by Gasteiger charge is 2.35. The molecule has 1 unspecified atom stereocenters. The van der Waals surface area contributed by atoms with Crippen molar-refractivity contribution in [3.05, 3.63) is 68.9 Å². The Morgan fingerprint density at radius 1 is 1.41 bits per heavy atom. The maximum atomic E-state index is 12.4. The number of amides is 1. The molecule has 3 rings (SSSR count). The standard InChI is InChI=1S/C20H22N4O5/c1-4-10-23-19(27)17(18(26)21-20(23)28)14-11-15(24(22-14)12(3)25)13-8-6-7-9-16(13)29-5-2/h4,6-9,15,27H,1,5,10-11H2,2-3H3,(H,21,26,28). The molecule has 152 valence electrons. The molecule has 2 N–H and O–H groups in total. The number of carbonyl (C=O) groups excluding carboxylic acids is 1. The van der Waals surface area contributed by atoms with Crippen LogP contribution < -0.4 is 16.0 Å². The first-order valence-electron chi connectivity index (χ1n) is 9.15. The monoisotopic (exact) mass is 398 g/mol. The number of rotatable bonds is 6. The molecule has 29 heavy (non-hydrogen) atoms. The molecule has 0 aliphatic carbocycles. The molecule has 9 heteroatoms. The highest BCUT2D eigenvalue weighted by atomic mass is 16.5. The van der Waals surface area contributed by atoms with Crippen LogP contribution >= 0.6 is 0 Å². The maximum absolute atomic E-state index is 12.4. The SMILES string of the molecule is C=CCn1c(O)c(C2=NN(C(C)=O)C(c3ccccc3OCC)C2)c(=O)[nH]c1=O. The molecule has 0 saturated heterocycles. The Balaban J connectivity index is 2.11. The van der Waals surface area contributed by atoms with Crippen LogP contribution in [-0.4, -0.2) is 37.9 Å². The number of allylic oxidation sites excluding steroid dienone is 1. The van der Waals surface area contributed by atoms with Crippen LogP contribution in [0.15, 0.2) is 51.6 Å². The van der Waals surface area contributed by atoms with E-state index in [1.165, 1.54) is 18.0 Å². The summed E-state index contributed by atoms with van der Waals surface area (Å²) < 4.78 is 6.65. The van der Waals surface area contributed by atoms with Gasteiger partial charge in [0.15, 0.2) is 0 Å². The topological polar surface area (TPSA) is 117 Å². The van der Waals surface area contributed by atoms with Crippen molar-refractivity contribution in [1.29, 1.82) is 0 Å². The van der Waals surface area contributed by atoms with Gasteiger partial charge in [-0.15, -0.1) is 6.58 Å². The third-order valence-corrected chi connectivity index (χ3v) is 4.58. The predicted octanol–water partition coefficient (Wildman–Crippen LogP) is 1.52. The molecule has 0 radical (unpaired) electrons. The number of aromatic nitrogens is 2. The van der Waals surface area contributed by atoms with E-state index in [0.717, 1.165) is 10.1 Å². The van der Waals surface area contributed by atoms with E-state index in [4.69, 9.17) is 4.74 Å². The molecule has 0 bridgehead atoms. The highest BCUT2D eigenvalue weighted by molar-refractivity contribution is 6.04. The van der Waals surface area contributed by atoms with Gasteiger partial charge in [0.1, 0.15) is 11.3 Å². The minimum Gasteiger partial charge on any atom is -0.494 e. The molecule has 1 aromatic carbocycles. The van der Waals surface area contributed by atoms with Crippen molar-refractivity contribution in [2.45, 2.75) is 32.9 Å². The summed E-state index contributed by atoms with van der Waals surface area (Å²) in [6.45, 7) is 7.22. The van der Waals surface area contributed by atoms with Crippen LogP contribution in [0, 0.1) is 0 Å². The number of para-hydroxylation sites is 1. The van der Waals surface area contributed by atoms with Gasteiger partial charge in [-0.2, -0.15) is 5.10 Å². The number of ether oxygens (including phenoxy) is 1. The molecule has 2 heterocycles. The summed E-state index contributed by atoms with van der Waals surface area (Å²) in [6, 6.07) is 6.76. The fourth-order valence-corrected chi connectivity index (χ4v) is 3.35. The van der Waals surface area contributed by atoms with E-state index in [9.17, 15) is 19.5 Å². The second kappa shape index (κ2) is 8.17. The summed E-state index contributed by atoms with van der Waals surface area (Å²) >= 11 is 0. The first kappa shape index (κ1) is 20.1. The zero-order chi connectivity index (χ0) is 21.1. The van der Waals surface area contributed by atoms with Gasteiger partial charge in [-0.05, 0) is 13.0 Å². The summed E-state index contributed by atoms with van der Waals surface area (Å²) in [5.74, 6) is -0.233. The number of hydrogen-bond acceptors (Lipinski definition) is 6. The summed E-state index contributed by atoms with van der Waals surface area (Å²) in [6.07, 6.45) is 1.59. The number of H-pyrrole nitrogens is 1. The smallest absolute Gasteiger partial charge is 0.331 e. The third-order valence-electron chi connectivity index (χ3n) is 4.58. The van der Waals surface area contributed by atoms with Gasteiger partial charge >= 0.3 is 5.69 Å². The molecule has 1 amide bonds. The molecule has 2 aromatic rings. The van der Waals surface area contributed by atoms with Crippen LogP contribution in [0.3, 0.4) is 0 Å². The van der Waals surface area contributed by atoms with Crippen LogP contribution in [0.1, 0.15) is 37.4 Å². The van der Waals surface area contributed by atoms with Crippen LogP contribution in [-0.2, 0) is 11.3 Å². The molecular weight excluding hydrogens is 376 g/mol. The predicted molar refractivity (Wildman–Crippen MR) is 107 cm³/mol. The molecule has 1 aliphatic heterocycles. The molecule has 1 atom stereocenters. The highest BCUT2D eigenvalue weighted by Crippen LogP contribution is 2.37. The maximum Gasteiger partial charge on any atom is 0.331 e. The lowest BCUT2D eigenvalue weighted by molar-refractivity contribution is -0.130. The van der Waals surface area contributed by atoms with E-state index < -0.39 is 23.2 Å². The number of benzene rings is 1. The molecule has 0 spiro atoms. The van der Waals surface area contributed by atoms with E-state index in [1.54, 1.807) is 6.07 Å². The molecule has 9 nitrogen and oxygen atoms in total. The lowest BCUT2D eigenvalue weighted by Gasteiger charge is -2.22. The second-order valence-electron chi connectivity index (χ2n) is 6.46. The van der Waals surface area contributed by atoms with Crippen LogP contribution in [0.5, 0.6) is 11.6 Å². The number of carbonyl (C=O) groups is 1. The lowest BCUT2D eigenvalue weighted by atomic mass is 9.98. The summed E-state index contributed by atoms with van der Waals surface area (Å²) in [7, 11) is 0. The Morgan fingerprint density at radius 2 is 2.14 bits per heavy atom. The Hall–Kier alpha value is -3.62. The normalized spacial score (nSPS) is 15.9. The Labute approximate surface area is 166 Å². The molecule has 1 aromatic heterocycles. The quantitative estimate of drug-likeness (QED) is 0.716. The Morgan fingerprint density at radius 3 is 2.79 bits per heavy atom. The van der Waals surface area contributed by atoms with Crippen molar-refractivity contribution < 1.29 is 14.6 Å². The number of nitrogens with zero attached hydrogens (tertiary/aromatic N) is 3. The first-order valence-corrected chi connectivity index (χ1v) is 9.15. The van der Waals surface area contributed by atoms with Crippen LogP contribution in [0.25, 0.3) is 0 Å². The lowest BCUT2D eigenvalue weighted by Crippen LogP contribution is -2.33. The van der Waals surface area contributed by atoms with Gasteiger partial charge < -0.3 is 9.84 Å². The van der Waals surface area contributed by atoms with Gasteiger partial charge in [0, 0.05) is 25.5 Å². The van der Waals surface area contributed by atoms with Crippen molar-refractivity contribution in [2.24, 2.45) is 5.10 Å². The van der Waals surface area contributed by atoms with Gasteiger partial charge in [-0.25, -0.2) is 9.80 Å². The van der Waals surface area contributed by atoms with Crippen molar-refractivity contribution in [2.75, 3.05) is 6.61 Å². The average Bonchev–Trinajstić information content (AvgIpc) is 3.11. The van der Waals surface area contributed by atoms with Crippen molar-refractivity contribution in [1.82, 2.24) is 14.6 Å². The zero-order valence-corrected chi connectivity index (χ0v) is 16.2. The number of aromatic hydroxyl groups is 1. The average molecular weight is 398 g/mol. The number of hydrogen-bond donors (Lipinski definition) is 2. The number of nitrogens with one attached hydrogen (secondary N) is 1. The van der Waals surface area contributed by atoms with Crippen LogP contribution in [0.4, 0.5) is 0 Å². The fraction of sp³-hybridized carbons (Fsp3) is 0.300. The van der Waals surface area contributed by atoms with Gasteiger partial charge in [-0.1, -0.05) is 24.3 Å². The molecular formula is C20H22N4O5. The Kier molecular flexibility index (Phi) is 5.67. The van der Waals surface area contributed by atoms with E-state index in [0.29, 0.717) is 12.4 Å². The largest absolute Gasteiger partial charge is 0.494 e. The molecule has 0 fully saturated rings. The second-order valence-corrected chi connectivity index (χ2v) is 6.46. The number of aromatic amines is 1. The van der Waals surface area contributed by atoms with E-state index >= 15 is 0 Å². The first-order chi connectivity index (χ1) is 13.9. The summed E-state index contributed by atoms with van der Waals surface area (Å²) in [5.41, 5.74) is -0.731. The minimum absolute atomic E-state index is 0.00868. The van der Waals surface area contributed by atoms with Crippen molar-refractivity contribution in [3.8, 4) is 11.6 Å². The fourth-order valence-electron chi connectivity index (χ4n) is 3.35. The van der Waals surface area contributed by atoms with E-state index in [1.807, 2.05) is 25.1 Å². The van der Waals surface area contributed by atoms with Crippen molar-refractivity contribution >= 4 is 11.6 Å². The third kappa shape index (κ3) is 3.71. The number of hydrazone groups is 1. The van der Waals surface area contributed by atoms with E-state index in [2.05, 4.69) is 16.7 Å². The summed E-state index contributed by atoms with van der Waals surface area (Å²) in [5, 5.41) is 16.1. The van der Waals surface area contributed by atoms with E-state index in [-0.39, 0.29) is 30.1 Å².